The average molecular weight is 368 g/mol. The summed E-state index contributed by atoms with van der Waals surface area (Å²) in [6.45, 7) is 0. The molecule has 2 aliphatic carbocycles. The van der Waals surface area contributed by atoms with Crippen LogP contribution in [0.25, 0.3) is 0 Å². The predicted octanol–water partition coefficient (Wildman–Crippen LogP) is 6.31. The minimum atomic E-state index is -0.165. The van der Waals surface area contributed by atoms with Gasteiger partial charge in [-0.25, -0.2) is 4.39 Å². The number of halogens is 1. The summed E-state index contributed by atoms with van der Waals surface area (Å²) in [5.74, 6) is 2.07. The second-order valence-corrected chi connectivity index (χ2v) is 8.12. The molecule has 1 aromatic carbocycles. The zero-order chi connectivity index (χ0) is 19.1. The third-order valence-corrected chi connectivity index (χ3v) is 6.74. The van der Waals surface area contributed by atoms with Crippen LogP contribution in [0.5, 0.6) is 0 Å². The van der Waals surface area contributed by atoms with Crippen LogP contribution in [0.15, 0.2) is 48.6 Å². The summed E-state index contributed by atoms with van der Waals surface area (Å²) in [5.41, 5.74) is 1.13. The molecule has 0 atom stereocenters. The van der Waals surface area contributed by atoms with Gasteiger partial charge in [-0.05, 0) is 86.8 Å². The van der Waals surface area contributed by atoms with E-state index in [0.29, 0.717) is 5.92 Å². The molecule has 0 N–H and O–H groups in total. The Kier molecular flexibility index (Phi) is 6.85. The molecule has 1 aromatic rings. The molecule has 27 heavy (non-hydrogen) atoms. The number of rotatable bonds is 5. The highest BCUT2D eigenvalue weighted by Crippen LogP contribution is 2.45. The van der Waals surface area contributed by atoms with Gasteiger partial charge in [-0.1, -0.05) is 30.4 Å². The van der Waals surface area contributed by atoms with Crippen molar-refractivity contribution in [1.82, 2.24) is 0 Å². The summed E-state index contributed by atoms with van der Waals surface area (Å²) in [5, 5.41) is 8.59. The van der Waals surface area contributed by atoms with Gasteiger partial charge in [0, 0.05) is 13.2 Å². The Morgan fingerprint density at radius 2 is 1.63 bits per heavy atom. The molecule has 3 rings (SSSR count). The Hall–Kier alpha value is -1.92. The fourth-order valence-electron chi connectivity index (χ4n) is 5.03. The van der Waals surface area contributed by atoms with E-state index < -0.39 is 0 Å². The lowest BCUT2D eigenvalue weighted by atomic mass is 9.67. The van der Waals surface area contributed by atoms with E-state index in [9.17, 15) is 4.39 Å². The molecule has 2 nitrogen and oxygen atoms in total. The van der Waals surface area contributed by atoms with Crippen LogP contribution in [0.2, 0.25) is 0 Å². The summed E-state index contributed by atoms with van der Waals surface area (Å²) in [6, 6.07) is 9.11. The van der Waals surface area contributed by atoms with Gasteiger partial charge in [0.05, 0.1) is 11.7 Å². The van der Waals surface area contributed by atoms with Crippen LogP contribution in [0.3, 0.4) is 0 Å². The molecule has 0 radical (unpaired) electrons. The Morgan fingerprint density at radius 3 is 2.22 bits per heavy atom. The summed E-state index contributed by atoms with van der Waals surface area (Å²) in [7, 11) is 1.80. The Bertz CT molecular complexity index is 684. The maximum atomic E-state index is 13.1. The second-order valence-electron chi connectivity index (χ2n) is 8.12. The zero-order valence-electron chi connectivity index (χ0n) is 16.2. The van der Waals surface area contributed by atoms with Crippen LogP contribution < -0.4 is 0 Å². The van der Waals surface area contributed by atoms with Gasteiger partial charge in [-0.15, -0.1) is 0 Å². The highest BCUT2D eigenvalue weighted by molar-refractivity contribution is 5.21. The van der Waals surface area contributed by atoms with E-state index in [1.54, 1.807) is 25.3 Å². The molecular formula is C24H30FNO. The quantitative estimate of drug-likeness (QED) is 0.451. The molecule has 0 unspecified atom stereocenters. The van der Waals surface area contributed by atoms with E-state index in [1.165, 1.54) is 50.2 Å². The number of nitrogens with zero attached hydrogens (tertiary/aromatic N) is 1. The molecule has 2 aliphatic rings. The van der Waals surface area contributed by atoms with Crippen molar-refractivity contribution in [3.05, 3.63) is 60.0 Å². The SMILES string of the molecule is COC1(C=CC=CC#N)CCC(C2CCC(c3ccc(F)cc3)CC2)CC1. The molecule has 3 heteroatoms. The van der Waals surface area contributed by atoms with Crippen LogP contribution in [0.4, 0.5) is 4.39 Å². The van der Waals surface area contributed by atoms with Gasteiger partial charge in [0.15, 0.2) is 0 Å². The fourth-order valence-corrected chi connectivity index (χ4v) is 5.03. The van der Waals surface area contributed by atoms with Crippen molar-refractivity contribution in [2.24, 2.45) is 11.8 Å². The van der Waals surface area contributed by atoms with Crippen molar-refractivity contribution in [3.8, 4) is 6.07 Å². The molecule has 0 saturated heterocycles. The van der Waals surface area contributed by atoms with Gasteiger partial charge < -0.3 is 4.74 Å². The molecular weight excluding hydrogens is 337 g/mol. The first-order chi connectivity index (χ1) is 13.2. The number of benzene rings is 1. The van der Waals surface area contributed by atoms with Gasteiger partial charge in [0.2, 0.25) is 0 Å². The summed E-state index contributed by atoms with van der Waals surface area (Å²) >= 11 is 0. The molecule has 0 amide bonds. The van der Waals surface area contributed by atoms with E-state index in [2.05, 4.69) is 6.08 Å². The van der Waals surface area contributed by atoms with Crippen molar-refractivity contribution < 1.29 is 9.13 Å². The molecule has 0 bridgehead atoms. The first-order valence-electron chi connectivity index (χ1n) is 10.2. The van der Waals surface area contributed by atoms with Crippen molar-refractivity contribution in [2.75, 3.05) is 7.11 Å². The van der Waals surface area contributed by atoms with Crippen molar-refractivity contribution in [3.63, 3.8) is 0 Å². The number of allylic oxidation sites excluding steroid dienone is 3. The maximum Gasteiger partial charge on any atom is 0.123 e. The van der Waals surface area contributed by atoms with E-state index in [-0.39, 0.29) is 11.4 Å². The van der Waals surface area contributed by atoms with Crippen molar-refractivity contribution >= 4 is 0 Å². The molecule has 2 saturated carbocycles. The van der Waals surface area contributed by atoms with E-state index >= 15 is 0 Å². The number of hydrogen-bond donors (Lipinski definition) is 0. The number of ether oxygens (including phenoxy) is 1. The first kappa shape index (κ1) is 19.8. The molecule has 0 spiro atoms. The largest absolute Gasteiger partial charge is 0.374 e. The van der Waals surface area contributed by atoms with Gasteiger partial charge >= 0.3 is 0 Å². The smallest absolute Gasteiger partial charge is 0.123 e. The summed E-state index contributed by atoms with van der Waals surface area (Å²) < 4.78 is 19.0. The lowest BCUT2D eigenvalue weighted by molar-refractivity contribution is -0.0193. The molecule has 0 aromatic heterocycles. The van der Waals surface area contributed by atoms with Crippen molar-refractivity contribution in [1.29, 1.82) is 5.26 Å². The number of nitriles is 1. The third kappa shape index (κ3) is 5.08. The van der Waals surface area contributed by atoms with Crippen LogP contribution >= 0.6 is 0 Å². The minimum absolute atomic E-state index is 0.145. The molecule has 2 fully saturated rings. The summed E-state index contributed by atoms with van der Waals surface area (Å²) in [4.78, 5) is 0. The Balaban J connectivity index is 1.50. The standard InChI is InChI=1S/C24H30FNO/c1-27-24(15-3-2-4-18-26)16-13-22(14-17-24)20-7-5-19(6-8-20)21-9-11-23(25)12-10-21/h2-4,9-12,15,19-20,22H,5-8,13-14,16-17H2,1H3. The average Bonchev–Trinajstić information content (AvgIpc) is 2.72. The van der Waals surface area contributed by atoms with Crippen LogP contribution in [-0.2, 0) is 4.74 Å². The Morgan fingerprint density at radius 1 is 1.00 bits per heavy atom. The molecule has 144 valence electrons. The van der Waals surface area contributed by atoms with Crippen molar-refractivity contribution in [2.45, 2.75) is 62.9 Å². The highest BCUT2D eigenvalue weighted by atomic mass is 19.1. The second kappa shape index (κ2) is 9.33. The predicted molar refractivity (Wildman–Crippen MR) is 107 cm³/mol. The molecule has 0 heterocycles. The number of hydrogen-bond acceptors (Lipinski definition) is 2. The van der Waals surface area contributed by atoms with Crippen LogP contribution in [0.1, 0.15) is 62.8 Å². The van der Waals surface area contributed by atoms with E-state index in [4.69, 9.17) is 10.00 Å². The Labute approximate surface area is 162 Å². The lowest BCUT2D eigenvalue weighted by Gasteiger charge is -2.42. The van der Waals surface area contributed by atoms with Gasteiger partial charge in [0.1, 0.15) is 5.82 Å². The van der Waals surface area contributed by atoms with E-state index in [0.717, 1.165) is 24.7 Å². The zero-order valence-corrected chi connectivity index (χ0v) is 16.2. The third-order valence-electron chi connectivity index (χ3n) is 6.74. The number of methoxy groups -OCH3 is 1. The van der Waals surface area contributed by atoms with Crippen LogP contribution in [0, 0.1) is 29.0 Å². The topological polar surface area (TPSA) is 33.0 Å². The van der Waals surface area contributed by atoms with E-state index in [1.807, 2.05) is 24.3 Å². The lowest BCUT2D eigenvalue weighted by Crippen LogP contribution is -2.36. The molecule has 0 aliphatic heterocycles. The first-order valence-corrected chi connectivity index (χ1v) is 10.2. The summed E-state index contributed by atoms with van der Waals surface area (Å²) in [6.07, 6.45) is 16.9. The van der Waals surface area contributed by atoms with Gasteiger partial charge in [-0.2, -0.15) is 5.26 Å². The normalized spacial score (nSPS) is 32.0. The monoisotopic (exact) mass is 367 g/mol. The minimum Gasteiger partial charge on any atom is -0.374 e. The highest BCUT2D eigenvalue weighted by Gasteiger charge is 2.37. The van der Waals surface area contributed by atoms with Gasteiger partial charge in [-0.3, -0.25) is 0 Å². The van der Waals surface area contributed by atoms with Crippen LogP contribution in [-0.4, -0.2) is 12.7 Å². The fraction of sp³-hybridized carbons (Fsp3) is 0.542. The van der Waals surface area contributed by atoms with Gasteiger partial charge in [0.25, 0.3) is 0 Å². The maximum absolute atomic E-state index is 13.1.